The second-order valence-electron chi connectivity index (χ2n) is 5.12. The van der Waals surface area contributed by atoms with E-state index in [2.05, 4.69) is 16.0 Å². The standard InChI is InChI=1S/C14H17FN4O/c1-19-8-10(6-12-7-13(20)17-16-12)14(18-19)9-2-4-11(15)5-3-9/h2-5,8,12-13,16-17,20H,6-7H2,1H3. The maximum absolute atomic E-state index is 13.0. The fraction of sp³-hybridized carbons (Fsp3) is 0.357. The van der Waals surface area contributed by atoms with Gasteiger partial charge in [-0.3, -0.25) is 10.1 Å². The zero-order chi connectivity index (χ0) is 14.1. The summed E-state index contributed by atoms with van der Waals surface area (Å²) >= 11 is 0. The normalized spacial score (nSPS) is 22.4. The fourth-order valence-corrected chi connectivity index (χ4v) is 2.54. The van der Waals surface area contributed by atoms with Gasteiger partial charge in [0.25, 0.3) is 0 Å². The van der Waals surface area contributed by atoms with E-state index in [9.17, 15) is 9.50 Å². The van der Waals surface area contributed by atoms with Gasteiger partial charge < -0.3 is 5.11 Å². The molecule has 1 saturated heterocycles. The average molecular weight is 276 g/mol. The van der Waals surface area contributed by atoms with Gasteiger partial charge in [0.05, 0.1) is 5.69 Å². The predicted molar refractivity (Wildman–Crippen MR) is 73.0 cm³/mol. The molecular formula is C14H17FN4O. The minimum Gasteiger partial charge on any atom is -0.377 e. The van der Waals surface area contributed by atoms with Crippen molar-refractivity contribution in [3.05, 3.63) is 41.8 Å². The quantitative estimate of drug-likeness (QED) is 0.781. The SMILES string of the molecule is Cn1cc(CC2CC(O)NN2)c(-c2ccc(F)cc2)n1. The van der Waals surface area contributed by atoms with Crippen molar-refractivity contribution in [1.82, 2.24) is 20.6 Å². The van der Waals surface area contributed by atoms with Crippen LogP contribution in [0, 0.1) is 5.82 Å². The molecule has 3 N–H and O–H groups in total. The van der Waals surface area contributed by atoms with Gasteiger partial charge in [-0.25, -0.2) is 9.82 Å². The number of aliphatic hydroxyl groups excluding tert-OH is 1. The number of rotatable bonds is 3. The van der Waals surface area contributed by atoms with E-state index in [-0.39, 0.29) is 11.9 Å². The molecular weight excluding hydrogens is 259 g/mol. The molecule has 3 rings (SSSR count). The van der Waals surface area contributed by atoms with Crippen molar-refractivity contribution in [2.75, 3.05) is 0 Å². The number of halogens is 1. The Morgan fingerprint density at radius 3 is 2.75 bits per heavy atom. The fourth-order valence-electron chi connectivity index (χ4n) is 2.54. The van der Waals surface area contributed by atoms with Crippen molar-refractivity contribution < 1.29 is 9.50 Å². The van der Waals surface area contributed by atoms with E-state index in [0.717, 1.165) is 23.2 Å². The van der Waals surface area contributed by atoms with E-state index in [1.165, 1.54) is 12.1 Å². The molecule has 0 bridgehead atoms. The Kier molecular flexibility index (Phi) is 3.52. The van der Waals surface area contributed by atoms with E-state index in [4.69, 9.17) is 0 Å². The zero-order valence-corrected chi connectivity index (χ0v) is 11.2. The van der Waals surface area contributed by atoms with Crippen LogP contribution in [0.4, 0.5) is 4.39 Å². The van der Waals surface area contributed by atoms with E-state index < -0.39 is 6.23 Å². The lowest BCUT2D eigenvalue weighted by Gasteiger charge is -2.08. The van der Waals surface area contributed by atoms with Gasteiger partial charge in [-0.05, 0) is 36.2 Å². The van der Waals surface area contributed by atoms with Crippen LogP contribution in [0.3, 0.4) is 0 Å². The zero-order valence-electron chi connectivity index (χ0n) is 11.2. The largest absolute Gasteiger partial charge is 0.377 e. The molecule has 106 valence electrons. The summed E-state index contributed by atoms with van der Waals surface area (Å²) in [5, 5.41) is 13.9. The first-order valence-corrected chi connectivity index (χ1v) is 6.59. The van der Waals surface area contributed by atoms with Crippen LogP contribution < -0.4 is 10.9 Å². The van der Waals surface area contributed by atoms with Crippen molar-refractivity contribution >= 4 is 0 Å². The lowest BCUT2D eigenvalue weighted by atomic mass is 10.0. The Bertz CT molecular complexity index is 596. The summed E-state index contributed by atoms with van der Waals surface area (Å²) in [6.45, 7) is 0. The van der Waals surface area contributed by atoms with Crippen LogP contribution in [0.2, 0.25) is 0 Å². The number of benzene rings is 1. The summed E-state index contributed by atoms with van der Waals surface area (Å²) in [4.78, 5) is 0. The number of hydrogen-bond donors (Lipinski definition) is 3. The molecule has 1 aromatic carbocycles. The Morgan fingerprint density at radius 1 is 1.35 bits per heavy atom. The van der Waals surface area contributed by atoms with Gasteiger partial charge in [0.2, 0.25) is 0 Å². The molecule has 6 heteroatoms. The predicted octanol–water partition coefficient (Wildman–Crippen LogP) is 0.954. The molecule has 1 aliphatic rings. The number of hydrogen-bond acceptors (Lipinski definition) is 4. The van der Waals surface area contributed by atoms with Crippen LogP contribution in [0.5, 0.6) is 0 Å². The van der Waals surface area contributed by atoms with Gasteiger partial charge in [-0.1, -0.05) is 0 Å². The van der Waals surface area contributed by atoms with Crippen molar-refractivity contribution in [2.24, 2.45) is 7.05 Å². The first kappa shape index (κ1) is 13.2. The molecule has 2 heterocycles. The van der Waals surface area contributed by atoms with Crippen LogP contribution >= 0.6 is 0 Å². The van der Waals surface area contributed by atoms with Crippen molar-refractivity contribution in [3.63, 3.8) is 0 Å². The lowest BCUT2D eigenvalue weighted by molar-refractivity contribution is 0.153. The summed E-state index contributed by atoms with van der Waals surface area (Å²) in [7, 11) is 1.87. The average Bonchev–Trinajstić information content (AvgIpc) is 2.97. The second kappa shape index (κ2) is 5.32. The van der Waals surface area contributed by atoms with Crippen LogP contribution in [-0.2, 0) is 13.5 Å². The molecule has 0 radical (unpaired) electrons. The molecule has 2 aromatic rings. The second-order valence-corrected chi connectivity index (χ2v) is 5.12. The number of nitrogens with zero attached hydrogens (tertiary/aromatic N) is 2. The summed E-state index contributed by atoms with van der Waals surface area (Å²) in [6.07, 6.45) is 2.86. The maximum atomic E-state index is 13.0. The number of nitrogens with one attached hydrogen (secondary N) is 2. The molecule has 20 heavy (non-hydrogen) atoms. The van der Waals surface area contributed by atoms with Gasteiger partial charge in [0, 0.05) is 31.3 Å². The first-order valence-electron chi connectivity index (χ1n) is 6.59. The van der Waals surface area contributed by atoms with Gasteiger partial charge in [0.1, 0.15) is 12.0 Å². The molecule has 0 spiro atoms. The highest BCUT2D eigenvalue weighted by Gasteiger charge is 2.23. The minimum absolute atomic E-state index is 0.161. The van der Waals surface area contributed by atoms with Crippen LogP contribution in [0.25, 0.3) is 11.3 Å². The van der Waals surface area contributed by atoms with E-state index in [1.54, 1.807) is 16.8 Å². The van der Waals surface area contributed by atoms with Crippen LogP contribution in [0.15, 0.2) is 30.5 Å². The van der Waals surface area contributed by atoms with E-state index in [1.807, 2.05) is 13.2 Å². The molecule has 1 aromatic heterocycles. The highest BCUT2D eigenvalue weighted by molar-refractivity contribution is 5.62. The molecule has 0 saturated carbocycles. The Labute approximate surface area is 116 Å². The number of hydrazine groups is 1. The molecule has 1 fully saturated rings. The van der Waals surface area contributed by atoms with Crippen LogP contribution in [0.1, 0.15) is 12.0 Å². The molecule has 1 aliphatic heterocycles. The smallest absolute Gasteiger partial charge is 0.123 e. The molecule has 2 unspecified atom stereocenters. The number of aryl methyl sites for hydroxylation is 1. The topological polar surface area (TPSA) is 62.1 Å². The Morgan fingerprint density at radius 2 is 2.10 bits per heavy atom. The summed E-state index contributed by atoms with van der Waals surface area (Å²) in [6, 6.07) is 6.50. The first-order chi connectivity index (χ1) is 9.61. The van der Waals surface area contributed by atoms with E-state index in [0.29, 0.717) is 6.42 Å². The van der Waals surface area contributed by atoms with Crippen molar-refractivity contribution in [1.29, 1.82) is 0 Å². The monoisotopic (exact) mass is 276 g/mol. The van der Waals surface area contributed by atoms with Crippen LogP contribution in [-0.4, -0.2) is 27.2 Å². The minimum atomic E-state index is -0.508. The highest BCUT2D eigenvalue weighted by atomic mass is 19.1. The van der Waals surface area contributed by atoms with Gasteiger partial charge in [-0.15, -0.1) is 0 Å². The molecule has 5 nitrogen and oxygen atoms in total. The number of aromatic nitrogens is 2. The molecule has 0 amide bonds. The van der Waals surface area contributed by atoms with Crippen molar-refractivity contribution in [2.45, 2.75) is 25.1 Å². The molecule has 2 atom stereocenters. The molecule has 0 aliphatic carbocycles. The van der Waals surface area contributed by atoms with Gasteiger partial charge >= 0.3 is 0 Å². The third-order valence-electron chi connectivity index (χ3n) is 3.45. The third-order valence-corrected chi connectivity index (χ3v) is 3.45. The summed E-state index contributed by atoms with van der Waals surface area (Å²) in [5.41, 5.74) is 8.68. The highest BCUT2D eigenvalue weighted by Crippen LogP contribution is 2.24. The van der Waals surface area contributed by atoms with E-state index >= 15 is 0 Å². The summed E-state index contributed by atoms with van der Waals surface area (Å²) < 4.78 is 14.8. The third kappa shape index (κ3) is 2.72. The van der Waals surface area contributed by atoms with Gasteiger partial charge in [-0.2, -0.15) is 5.10 Å². The lowest BCUT2D eigenvalue weighted by Crippen LogP contribution is -2.34. The Hall–Kier alpha value is -1.76. The van der Waals surface area contributed by atoms with Gasteiger partial charge in [0.15, 0.2) is 0 Å². The summed E-state index contributed by atoms with van der Waals surface area (Å²) in [5.74, 6) is -0.254. The van der Waals surface area contributed by atoms with Crippen molar-refractivity contribution in [3.8, 4) is 11.3 Å². The maximum Gasteiger partial charge on any atom is 0.123 e. The number of aliphatic hydroxyl groups is 1. The Balaban J connectivity index is 1.86.